The molecule has 0 heterocycles. The van der Waals surface area contributed by atoms with Gasteiger partial charge in [0.2, 0.25) is 0 Å². The second kappa shape index (κ2) is 57.6. The van der Waals surface area contributed by atoms with E-state index in [0.29, 0.717) is 25.7 Å². The predicted molar refractivity (Wildman–Crippen MR) is 316 cm³/mol. The number of hydrogen-bond donors (Lipinski definition) is 2. The number of allylic oxidation sites excluding steroid dienone is 16. The fraction of sp³-hybridized carbons (Fsp3) is 0.703. The summed E-state index contributed by atoms with van der Waals surface area (Å²) in [5, 5.41) is 9.83. The van der Waals surface area contributed by atoms with Gasteiger partial charge in [0.15, 0.2) is 6.10 Å². The summed E-state index contributed by atoms with van der Waals surface area (Å²) in [7, 11) is -4.77. The Morgan fingerprint density at radius 1 is 0.382 bits per heavy atom. The number of phosphoric acid groups is 1. The van der Waals surface area contributed by atoms with E-state index in [0.717, 1.165) is 116 Å². The third-order valence-electron chi connectivity index (χ3n) is 12.5. The summed E-state index contributed by atoms with van der Waals surface area (Å²) in [5.74, 6) is -1.54. The Labute approximate surface area is 463 Å². The third-order valence-corrected chi connectivity index (χ3v) is 13.5. The van der Waals surface area contributed by atoms with Gasteiger partial charge in [0, 0.05) is 19.3 Å². The van der Waals surface area contributed by atoms with Crippen LogP contribution in [0.25, 0.3) is 0 Å². The van der Waals surface area contributed by atoms with E-state index >= 15 is 0 Å². The highest BCUT2D eigenvalue weighted by atomic mass is 31.2. The van der Waals surface area contributed by atoms with Crippen molar-refractivity contribution in [2.24, 2.45) is 0 Å². The van der Waals surface area contributed by atoms with Gasteiger partial charge in [-0.2, -0.15) is 0 Å². The van der Waals surface area contributed by atoms with Gasteiger partial charge < -0.3 is 24.2 Å². The van der Waals surface area contributed by atoms with E-state index in [2.05, 4.69) is 112 Å². The number of hydrogen-bond acceptors (Lipinski definition) is 10. The van der Waals surface area contributed by atoms with Crippen molar-refractivity contribution < 1.29 is 52.2 Å². The quantitative estimate of drug-likeness (QED) is 0.0197. The van der Waals surface area contributed by atoms with Gasteiger partial charge in [-0.3, -0.25) is 23.4 Å². The molecular formula is C64H109O11P. The van der Waals surface area contributed by atoms with Crippen LogP contribution in [0.4, 0.5) is 0 Å². The molecule has 3 unspecified atom stereocenters. The third kappa shape index (κ3) is 55.2. The zero-order valence-corrected chi connectivity index (χ0v) is 49.1. The maximum atomic E-state index is 12.9. The van der Waals surface area contributed by atoms with Crippen LogP contribution < -0.4 is 0 Å². The number of carbonyl (C=O) groups is 3. The molecule has 0 bridgehead atoms. The van der Waals surface area contributed by atoms with Crippen LogP contribution in [-0.4, -0.2) is 66.5 Å². The van der Waals surface area contributed by atoms with Gasteiger partial charge in [0.05, 0.1) is 19.8 Å². The summed E-state index contributed by atoms with van der Waals surface area (Å²) < 4.78 is 39.5. The first-order valence-corrected chi connectivity index (χ1v) is 31.6. The first kappa shape index (κ1) is 72.4. The number of ether oxygens (including phenoxy) is 3. The van der Waals surface area contributed by atoms with Crippen LogP contribution in [-0.2, 0) is 42.2 Å². The number of esters is 3. The van der Waals surface area contributed by atoms with Crippen molar-refractivity contribution in [3.63, 3.8) is 0 Å². The van der Waals surface area contributed by atoms with Gasteiger partial charge in [-0.25, -0.2) is 4.57 Å². The van der Waals surface area contributed by atoms with Gasteiger partial charge >= 0.3 is 25.7 Å². The Bertz CT molecular complexity index is 1640. The normalized spacial score (nSPS) is 14.0. The zero-order valence-electron chi connectivity index (χ0n) is 48.2. The summed E-state index contributed by atoms with van der Waals surface area (Å²) in [5.41, 5.74) is 0. The molecule has 0 aliphatic carbocycles. The molecule has 2 N–H and O–H groups in total. The maximum absolute atomic E-state index is 12.9. The number of rotatable bonds is 55. The van der Waals surface area contributed by atoms with E-state index in [9.17, 15) is 28.9 Å². The highest BCUT2D eigenvalue weighted by Gasteiger charge is 2.28. The van der Waals surface area contributed by atoms with E-state index in [4.69, 9.17) is 23.3 Å². The average Bonchev–Trinajstić information content (AvgIpc) is 3.41. The fourth-order valence-electron chi connectivity index (χ4n) is 8.00. The standard InChI is InChI=1S/C64H109O11P/c1-4-7-10-13-16-19-22-25-28-30-33-35-38-41-44-47-50-53-62(66)71-57-61(75-64(68)55-52-49-46-43-40-37-34-31-29-26-23-20-17-14-11-8-5-2)59-73-76(69,70)72-58-60(56-65)74-63(67)54-51-48-45-42-39-36-32-27-24-21-18-15-12-9-6-3/h7-8,10-11,16-17,19-20,25-26,28-29,33,35,41,44,60-61,65H,4-6,9,12-15,18,21-24,27,30-32,34,36-40,42-43,45-59H2,1-3H3,(H,69,70)/b10-7-,11-8-,19-16-,20-17-,28-25-,29-26-,35-33-,44-41-. The highest BCUT2D eigenvalue weighted by Crippen LogP contribution is 2.43. The fourth-order valence-corrected chi connectivity index (χ4v) is 8.78. The molecule has 0 aromatic heterocycles. The van der Waals surface area contributed by atoms with Crippen LogP contribution in [0.1, 0.15) is 252 Å². The lowest BCUT2D eigenvalue weighted by Crippen LogP contribution is -2.30. The molecule has 0 saturated heterocycles. The lowest BCUT2D eigenvalue weighted by Gasteiger charge is -2.21. The Kier molecular flexibility index (Phi) is 54.8. The molecule has 11 nitrogen and oxygen atoms in total. The Morgan fingerprint density at radius 2 is 0.697 bits per heavy atom. The molecule has 12 heteroatoms. The smallest absolute Gasteiger partial charge is 0.462 e. The van der Waals surface area contributed by atoms with Crippen LogP contribution in [0.3, 0.4) is 0 Å². The van der Waals surface area contributed by atoms with Crippen LogP contribution >= 0.6 is 7.82 Å². The molecule has 0 aromatic carbocycles. The zero-order chi connectivity index (χ0) is 55.5. The van der Waals surface area contributed by atoms with Crippen molar-refractivity contribution in [2.75, 3.05) is 26.4 Å². The number of phosphoric ester groups is 1. The first-order valence-electron chi connectivity index (χ1n) is 30.1. The van der Waals surface area contributed by atoms with Gasteiger partial charge in [-0.15, -0.1) is 0 Å². The number of unbranched alkanes of at least 4 members (excludes halogenated alkanes) is 22. The van der Waals surface area contributed by atoms with Gasteiger partial charge in [0.1, 0.15) is 12.7 Å². The van der Waals surface area contributed by atoms with E-state index < -0.39 is 57.8 Å². The Morgan fingerprint density at radius 3 is 1.09 bits per heavy atom. The predicted octanol–water partition coefficient (Wildman–Crippen LogP) is 18.0. The van der Waals surface area contributed by atoms with Crippen molar-refractivity contribution in [1.82, 2.24) is 0 Å². The SMILES string of the molecule is CC/C=C\C/C=C\C/C=C\C/C=C\C/C=C\CCCC(=O)OCC(COP(=O)(O)OCC(CO)OC(=O)CCCCCCCCCCCCCCCCC)OC(=O)CCCCCCCCC/C=C\C/C=C\C/C=C\CC. The summed E-state index contributed by atoms with van der Waals surface area (Å²) in [6, 6.07) is 0. The average molecular weight is 1090 g/mol. The molecule has 436 valence electrons. The lowest BCUT2D eigenvalue weighted by atomic mass is 10.0. The minimum absolute atomic E-state index is 0.141. The number of aliphatic hydroxyl groups is 1. The van der Waals surface area contributed by atoms with Crippen molar-refractivity contribution in [1.29, 1.82) is 0 Å². The van der Waals surface area contributed by atoms with Crippen molar-refractivity contribution >= 4 is 25.7 Å². The molecule has 0 rings (SSSR count). The molecule has 0 amide bonds. The summed E-state index contributed by atoms with van der Waals surface area (Å²) in [6.07, 6.45) is 67.9. The molecule has 0 saturated carbocycles. The van der Waals surface area contributed by atoms with E-state index in [1.165, 1.54) is 70.6 Å². The van der Waals surface area contributed by atoms with Crippen molar-refractivity contribution in [2.45, 2.75) is 264 Å². The van der Waals surface area contributed by atoms with Gasteiger partial charge in [-0.1, -0.05) is 240 Å². The lowest BCUT2D eigenvalue weighted by molar-refractivity contribution is -0.161. The van der Waals surface area contributed by atoms with Crippen LogP contribution in [0.2, 0.25) is 0 Å². The van der Waals surface area contributed by atoms with Gasteiger partial charge in [-0.05, 0) is 89.9 Å². The van der Waals surface area contributed by atoms with Crippen molar-refractivity contribution in [3.8, 4) is 0 Å². The van der Waals surface area contributed by atoms with E-state index in [1.54, 1.807) is 0 Å². The number of aliphatic hydroxyl groups excluding tert-OH is 1. The molecule has 0 aliphatic rings. The molecule has 3 atom stereocenters. The topological polar surface area (TPSA) is 155 Å². The monoisotopic (exact) mass is 1080 g/mol. The first-order chi connectivity index (χ1) is 37.2. The molecule has 0 aromatic rings. The maximum Gasteiger partial charge on any atom is 0.472 e. The molecule has 0 spiro atoms. The van der Waals surface area contributed by atoms with Crippen LogP contribution in [0.5, 0.6) is 0 Å². The van der Waals surface area contributed by atoms with Gasteiger partial charge in [0.25, 0.3) is 0 Å². The molecule has 0 radical (unpaired) electrons. The second-order valence-electron chi connectivity index (χ2n) is 19.8. The Hall–Kier alpha value is -3.60. The van der Waals surface area contributed by atoms with E-state index in [1.807, 2.05) is 6.08 Å². The summed E-state index contributed by atoms with van der Waals surface area (Å²) >= 11 is 0. The summed E-state index contributed by atoms with van der Waals surface area (Å²) in [4.78, 5) is 48.6. The largest absolute Gasteiger partial charge is 0.472 e. The highest BCUT2D eigenvalue weighted by molar-refractivity contribution is 7.47. The second-order valence-corrected chi connectivity index (χ2v) is 21.2. The van der Waals surface area contributed by atoms with Crippen LogP contribution in [0, 0.1) is 0 Å². The minimum atomic E-state index is -4.77. The molecule has 0 fully saturated rings. The van der Waals surface area contributed by atoms with Crippen molar-refractivity contribution in [3.05, 3.63) is 97.2 Å². The molecular weight excluding hydrogens is 976 g/mol. The minimum Gasteiger partial charge on any atom is -0.462 e. The van der Waals surface area contributed by atoms with E-state index in [-0.39, 0.29) is 25.9 Å². The number of carbonyl (C=O) groups excluding carboxylic acids is 3. The molecule has 0 aliphatic heterocycles. The Balaban J connectivity index is 4.80. The summed E-state index contributed by atoms with van der Waals surface area (Å²) in [6.45, 7) is 4.37. The molecule has 76 heavy (non-hydrogen) atoms. The van der Waals surface area contributed by atoms with Crippen LogP contribution in [0.15, 0.2) is 97.2 Å².